The van der Waals surface area contributed by atoms with E-state index in [9.17, 15) is 0 Å². The van der Waals surface area contributed by atoms with Crippen LogP contribution in [0.2, 0.25) is 0 Å². The third-order valence-corrected chi connectivity index (χ3v) is 13.2. The fraction of sp³-hybridized carbons (Fsp3) is 0. The molecule has 10 aromatic carbocycles. The lowest BCUT2D eigenvalue weighted by molar-refractivity contribution is 1.08. The Bertz CT molecular complexity index is 4210. The zero-order valence-corrected chi connectivity index (χ0v) is 33.9. The van der Waals surface area contributed by atoms with Crippen molar-refractivity contribution in [1.29, 1.82) is 0 Å². The summed E-state index contributed by atoms with van der Waals surface area (Å²) < 4.78 is 7.27. The van der Waals surface area contributed by atoms with Gasteiger partial charge in [0, 0.05) is 49.0 Å². The molecular formula is C58H35N5. The predicted octanol–water partition coefficient (Wildman–Crippen LogP) is 14.9. The average molecular weight is 802 g/mol. The minimum Gasteiger partial charge on any atom is -0.309 e. The van der Waals surface area contributed by atoms with Crippen molar-refractivity contribution < 1.29 is 0 Å². The van der Waals surface area contributed by atoms with Gasteiger partial charge in [0.15, 0.2) is 5.82 Å². The first-order valence-electron chi connectivity index (χ1n) is 21.5. The van der Waals surface area contributed by atoms with Crippen LogP contribution in [0.1, 0.15) is 0 Å². The van der Waals surface area contributed by atoms with Crippen molar-refractivity contribution in [3.63, 3.8) is 0 Å². The van der Waals surface area contributed by atoms with Crippen molar-refractivity contribution >= 4 is 98.0 Å². The molecule has 0 atom stereocenters. The molecule has 4 aromatic heterocycles. The molecule has 14 rings (SSSR count). The Morgan fingerprint density at radius 3 is 1.60 bits per heavy atom. The Hall–Kier alpha value is -8.54. The smallest absolute Gasteiger partial charge is 0.165 e. The van der Waals surface area contributed by atoms with Gasteiger partial charge in [0.2, 0.25) is 0 Å². The lowest BCUT2D eigenvalue weighted by Crippen LogP contribution is -2.04. The molecule has 0 saturated heterocycles. The SMILES string of the molecule is c1ccc(-n2c3ccccc3c3c(-c4nc5ccccc5nc4-n4c5ccccc5c5c(-n6c7ccccc7c7c8ccccc8ccc76)c6ccccc6cc54)cccc32)cc1. The van der Waals surface area contributed by atoms with Crippen LogP contribution < -0.4 is 0 Å². The van der Waals surface area contributed by atoms with Crippen molar-refractivity contribution in [1.82, 2.24) is 23.7 Å². The molecule has 0 radical (unpaired) electrons. The van der Waals surface area contributed by atoms with Crippen LogP contribution in [0.15, 0.2) is 212 Å². The van der Waals surface area contributed by atoms with E-state index in [0.29, 0.717) is 0 Å². The Morgan fingerprint density at radius 1 is 0.302 bits per heavy atom. The van der Waals surface area contributed by atoms with Crippen LogP contribution in [0.5, 0.6) is 0 Å². The molecule has 0 bridgehead atoms. The van der Waals surface area contributed by atoms with Crippen LogP contribution in [0.25, 0.3) is 126 Å². The molecule has 4 heterocycles. The zero-order valence-electron chi connectivity index (χ0n) is 33.9. The van der Waals surface area contributed by atoms with E-state index in [-0.39, 0.29) is 0 Å². The summed E-state index contributed by atoms with van der Waals surface area (Å²) in [6.07, 6.45) is 0. The molecule has 0 fully saturated rings. The quantitative estimate of drug-likeness (QED) is 0.178. The Labute approximate surface area is 360 Å². The fourth-order valence-corrected chi connectivity index (χ4v) is 10.6. The van der Waals surface area contributed by atoms with Crippen LogP contribution in [-0.2, 0) is 0 Å². The highest BCUT2D eigenvalue weighted by molar-refractivity contribution is 6.26. The minimum atomic E-state index is 0.790. The van der Waals surface area contributed by atoms with Gasteiger partial charge in [0.05, 0.1) is 49.8 Å². The first-order valence-corrected chi connectivity index (χ1v) is 21.5. The highest BCUT2D eigenvalue weighted by Gasteiger charge is 2.27. The van der Waals surface area contributed by atoms with E-state index in [4.69, 9.17) is 9.97 Å². The summed E-state index contributed by atoms with van der Waals surface area (Å²) >= 11 is 0. The number of hydrogen-bond donors (Lipinski definition) is 0. The minimum absolute atomic E-state index is 0.790. The normalized spacial score (nSPS) is 12.1. The maximum absolute atomic E-state index is 5.64. The molecule has 0 amide bonds. The molecule has 5 nitrogen and oxygen atoms in total. The van der Waals surface area contributed by atoms with Crippen LogP contribution in [0.4, 0.5) is 0 Å². The molecule has 0 aliphatic rings. The number of nitrogens with zero attached hydrogens (tertiary/aromatic N) is 5. The van der Waals surface area contributed by atoms with Crippen molar-refractivity contribution in [2.45, 2.75) is 0 Å². The van der Waals surface area contributed by atoms with Gasteiger partial charge in [-0.05, 0) is 76.8 Å². The lowest BCUT2D eigenvalue weighted by Gasteiger charge is -2.17. The molecular weight excluding hydrogens is 767 g/mol. The number of aromatic nitrogens is 5. The Balaban J connectivity index is 1.16. The third-order valence-electron chi connectivity index (χ3n) is 13.2. The van der Waals surface area contributed by atoms with E-state index in [1.807, 2.05) is 0 Å². The summed E-state index contributed by atoms with van der Waals surface area (Å²) in [5.74, 6) is 0.790. The number of para-hydroxylation sites is 6. The van der Waals surface area contributed by atoms with Crippen molar-refractivity contribution in [3.8, 4) is 28.5 Å². The van der Waals surface area contributed by atoms with Crippen LogP contribution in [-0.4, -0.2) is 23.7 Å². The Morgan fingerprint density at radius 2 is 0.841 bits per heavy atom. The molecule has 0 aliphatic heterocycles. The second-order valence-corrected chi connectivity index (χ2v) is 16.5. The van der Waals surface area contributed by atoms with Crippen LogP contribution in [0.3, 0.4) is 0 Å². The standard InChI is InChI=1S/C58H35N5/c1-2-19-38(20-3-1)61-47-29-13-8-23-41(47)54-44(26-16-32-50(54)61)56-58(60-46-28-12-11-27-45(46)59-56)63-49-31-15-10-25-43(49)55-52(63)35-37-18-5-7-22-40(37)57(55)62-48-30-14-9-24-42(48)53-39-21-6-4-17-36(39)33-34-51(53)62/h1-35H. The van der Waals surface area contributed by atoms with E-state index < -0.39 is 0 Å². The molecule has 0 N–H and O–H groups in total. The molecule has 14 aromatic rings. The second kappa shape index (κ2) is 13.0. The maximum Gasteiger partial charge on any atom is 0.165 e. The summed E-state index contributed by atoms with van der Waals surface area (Å²) in [4.78, 5) is 11.2. The predicted molar refractivity (Wildman–Crippen MR) is 263 cm³/mol. The van der Waals surface area contributed by atoms with Crippen LogP contribution in [0, 0.1) is 0 Å². The van der Waals surface area contributed by atoms with Gasteiger partial charge in [-0.25, -0.2) is 9.97 Å². The van der Waals surface area contributed by atoms with Gasteiger partial charge in [0.1, 0.15) is 5.69 Å². The summed E-state index contributed by atoms with van der Waals surface area (Å²) in [5.41, 5.74) is 12.6. The van der Waals surface area contributed by atoms with Gasteiger partial charge in [0.25, 0.3) is 0 Å². The number of benzene rings is 10. The third kappa shape index (κ3) is 4.76. The van der Waals surface area contributed by atoms with Gasteiger partial charge in [-0.2, -0.15) is 0 Å². The topological polar surface area (TPSA) is 40.6 Å². The van der Waals surface area contributed by atoms with Gasteiger partial charge >= 0.3 is 0 Å². The molecule has 0 spiro atoms. The van der Waals surface area contributed by atoms with Gasteiger partial charge < -0.3 is 9.13 Å². The average Bonchev–Trinajstić information content (AvgIpc) is 3.99. The zero-order chi connectivity index (χ0) is 41.2. The van der Waals surface area contributed by atoms with Crippen molar-refractivity contribution in [3.05, 3.63) is 212 Å². The summed E-state index contributed by atoms with van der Waals surface area (Å²) in [6, 6.07) is 76.5. The fourth-order valence-electron chi connectivity index (χ4n) is 10.6. The molecule has 0 saturated carbocycles. The first-order chi connectivity index (χ1) is 31.3. The van der Waals surface area contributed by atoms with E-state index in [1.54, 1.807) is 0 Å². The number of fused-ring (bicyclic) bond motifs is 13. The van der Waals surface area contributed by atoms with Gasteiger partial charge in [-0.1, -0.05) is 152 Å². The van der Waals surface area contributed by atoms with Crippen LogP contribution >= 0.6 is 0 Å². The van der Waals surface area contributed by atoms with E-state index >= 15 is 0 Å². The lowest BCUT2D eigenvalue weighted by atomic mass is 10.0. The van der Waals surface area contributed by atoms with Gasteiger partial charge in [-0.3, -0.25) is 4.57 Å². The molecule has 63 heavy (non-hydrogen) atoms. The Kier molecular flexibility index (Phi) is 7.05. The van der Waals surface area contributed by atoms with Crippen molar-refractivity contribution in [2.75, 3.05) is 0 Å². The largest absolute Gasteiger partial charge is 0.309 e. The number of rotatable bonds is 4. The summed E-state index contributed by atoms with van der Waals surface area (Å²) in [6.45, 7) is 0. The van der Waals surface area contributed by atoms with E-state index in [0.717, 1.165) is 77.7 Å². The highest BCUT2D eigenvalue weighted by Crippen LogP contribution is 2.46. The van der Waals surface area contributed by atoms with E-state index in [2.05, 4.69) is 226 Å². The monoisotopic (exact) mass is 801 g/mol. The molecule has 0 unspecified atom stereocenters. The summed E-state index contributed by atoms with van der Waals surface area (Å²) in [5, 5.41) is 12.0. The highest BCUT2D eigenvalue weighted by atomic mass is 15.1. The first kappa shape index (κ1) is 34.2. The maximum atomic E-state index is 5.64. The molecule has 0 aliphatic carbocycles. The van der Waals surface area contributed by atoms with Crippen molar-refractivity contribution in [2.24, 2.45) is 0 Å². The summed E-state index contributed by atoms with van der Waals surface area (Å²) in [7, 11) is 0. The molecule has 5 heteroatoms. The van der Waals surface area contributed by atoms with E-state index in [1.165, 1.54) is 48.7 Å². The number of hydrogen-bond acceptors (Lipinski definition) is 2. The second-order valence-electron chi connectivity index (χ2n) is 16.5. The molecule has 292 valence electrons. The van der Waals surface area contributed by atoms with Gasteiger partial charge in [-0.15, -0.1) is 0 Å².